The van der Waals surface area contributed by atoms with Gasteiger partial charge in [0, 0.05) is 11.3 Å². The van der Waals surface area contributed by atoms with Crippen molar-refractivity contribution in [2.45, 2.75) is 25.5 Å². The van der Waals surface area contributed by atoms with Crippen LogP contribution in [-0.2, 0) is 6.61 Å². The van der Waals surface area contributed by atoms with Crippen molar-refractivity contribution in [2.24, 2.45) is 0 Å². The molecule has 0 unspecified atom stereocenters. The zero-order chi connectivity index (χ0) is 21.3. The number of pyridine rings is 1. The Morgan fingerprint density at radius 1 is 1.17 bits per heavy atom. The monoisotopic (exact) mass is 426 g/mol. The number of hydrogen-bond acceptors (Lipinski definition) is 4. The van der Waals surface area contributed by atoms with Crippen molar-refractivity contribution in [3.05, 3.63) is 95.5 Å². The summed E-state index contributed by atoms with van der Waals surface area (Å²) in [5.41, 5.74) is 2.39. The summed E-state index contributed by atoms with van der Waals surface area (Å²) in [6, 6.07) is 16.9. The molecule has 30 heavy (non-hydrogen) atoms. The summed E-state index contributed by atoms with van der Waals surface area (Å²) in [4.78, 5) is 3.76. The molecule has 0 aliphatic carbocycles. The van der Waals surface area contributed by atoms with Gasteiger partial charge >= 0.3 is 0 Å². The van der Waals surface area contributed by atoms with E-state index in [1.807, 2.05) is 60.7 Å². The fraction of sp³-hybridized carbons (Fsp3) is 0.208. The number of hydrogen-bond donors (Lipinski definition) is 1. The number of halogens is 2. The zero-order valence-electron chi connectivity index (χ0n) is 16.8. The Morgan fingerprint density at radius 3 is 2.57 bits per heavy atom. The number of benzene rings is 2. The summed E-state index contributed by atoms with van der Waals surface area (Å²) in [6.07, 6.45) is 4.57. The second-order valence-electron chi connectivity index (χ2n) is 6.71. The van der Waals surface area contributed by atoms with Crippen molar-refractivity contribution in [2.75, 3.05) is 12.4 Å². The van der Waals surface area contributed by atoms with Crippen LogP contribution in [0, 0.1) is 5.95 Å². The maximum atomic E-state index is 14.3. The summed E-state index contributed by atoms with van der Waals surface area (Å²) >= 11 is 6.36. The van der Waals surface area contributed by atoms with Gasteiger partial charge in [0.05, 0.1) is 19.3 Å². The Kier molecular flexibility index (Phi) is 7.69. The first-order valence-corrected chi connectivity index (χ1v) is 10.0. The van der Waals surface area contributed by atoms with Crippen LogP contribution in [0.15, 0.2) is 73.4 Å². The predicted octanol–water partition coefficient (Wildman–Crippen LogP) is 6.58. The molecule has 0 radical (unpaired) electrons. The van der Waals surface area contributed by atoms with Gasteiger partial charge in [0.15, 0.2) is 0 Å². The van der Waals surface area contributed by atoms with Gasteiger partial charge in [-0.15, -0.1) is 6.58 Å². The van der Waals surface area contributed by atoms with Gasteiger partial charge in [0.25, 0.3) is 0 Å². The van der Waals surface area contributed by atoms with Crippen LogP contribution in [0.3, 0.4) is 0 Å². The first-order chi connectivity index (χ1) is 14.6. The van der Waals surface area contributed by atoms with Gasteiger partial charge in [-0.05, 0) is 42.7 Å². The average molecular weight is 427 g/mol. The summed E-state index contributed by atoms with van der Waals surface area (Å²) in [7, 11) is 1.62. The van der Waals surface area contributed by atoms with Crippen molar-refractivity contribution < 1.29 is 13.9 Å². The fourth-order valence-electron chi connectivity index (χ4n) is 3.10. The number of anilines is 1. The molecular formula is C24H24ClFN2O2. The van der Waals surface area contributed by atoms with Crippen molar-refractivity contribution in [1.82, 2.24) is 4.98 Å². The molecule has 1 heterocycles. The van der Waals surface area contributed by atoms with Gasteiger partial charge in [0.1, 0.15) is 23.1 Å². The van der Waals surface area contributed by atoms with E-state index in [1.54, 1.807) is 7.11 Å². The minimum atomic E-state index is -0.723. The summed E-state index contributed by atoms with van der Waals surface area (Å²) in [5, 5.41) is 3.38. The van der Waals surface area contributed by atoms with Crippen LogP contribution in [0.1, 0.15) is 30.0 Å². The number of ether oxygens (including phenoxy) is 2. The summed E-state index contributed by atoms with van der Waals surface area (Å²) in [5.74, 6) is 0.474. The highest BCUT2D eigenvalue weighted by Crippen LogP contribution is 2.38. The molecule has 0 fully saturated rings. The van der Waals surface area contributed by atoms with Gasteiger partial charge in [-0.25, -0.2) is 4.98 Å². The Labute approximate surface area is 181 Å². The standard InChI is InChI=1S/C24H24ClFN2O2/c1-3-4-10-20(28-18-11-13-19(29-2)14-12-18)22-21(15-27-24(26)23(22)25)30-16-17-8-6-5-7-9-17/h3,5-9,11-15,20,28H,1,4,10,16H2,2H3/t20-/m1/s1. The third-order valence-corrected chi connectivity index (χ3v) is 5.01. The molecule has 3 aromatic rings. The third-order valence-electron chi connectivity index (χ3n) is 4.65. The van der Waals surface area contributed by atoms with Gasteiger partial charge in [-0.3, -0.25) is 0 Å². The van der Waals surface area contributed by atoms with Crippen LogP contribution in [0.5, 0.6) is 11.5 Å². The lowest BCUT2D eigenvalue weighted by molar-refractivity contribution is 0.298. The minimum absolute atomic E-state index is 0.0457. The van der Waals surface area contributed by atoms with E-state index in [2.05, 4.69) is 16.9 Å². The topological polar surface area (TPSA) is 43.4 Å². The Bertz CT molecular complexity index is 965. The highest BCUT2D eigenvalue weighted by atomic mass is 35.5. The largest absolute Gasteiger partial charge is 0.497 e. The second-order valence-corrected chi connectivity index (χ2v) is 7.08. The molecule has 6 heteroatoms. The van der Waals surface area contributed by atoms with Crippen LogP contribution in [0.4, 0.5) is 10.1 Å². The molecule has 1 atom stereocenters. The van der Waals surface area contributed by atoms with E-state index in [0.717, 1.165) is 17.0 Å². The Balaban J connectivity index is 1.91. The molecule has 0 bridgehead atoms. The molecule has 4 nitrogen and oxygen atoms in total. The predicted molar refractivity (Wildman–Crippen MR) is 119 cm³/mol. The van der Waals surface area contributed by atoms with Crippen molar-refractivity contribution in [3.63, 3.8) is 0 Å². The summed E-state index contributed by atoms with van der Waals surface area (Å²) in [6.45, 7) is 4.13. The van der Waals surface area contributed by atoms with Crippen LogP contribution >= 0.6 is 11.6 Å². The number of aromatic nitrogens is 1. The van der Waals surface area contributed by atoms with E-state index >= 15 is 0 Å². The molecular weight excluding hydrogens is 403 g/mol. The van der Waals surface area contributed by atoms with E-state index in [1.165, 1.54) is 6.20 Å². The molecule has 1 N–H and O–H groups in total. The molecule has 0 spiro atoms. The van der Waals surface area contributed by atoms with Crippen LogP contribution in [-0.4, -0.2) is 12.1 Å². The quantitative estimate of drug-likeness (QED) is 0.293. The fourth-order valence-corrected chi connectivity index (χ4v) is 3.37. The first-order valence-electron chi connectivity index (χ1n) is 9.64. The van der Waals surface area contributed by atoms with Gasteiger partial charge < -0.3 is 14.8 Å². The van der Waals surface area contributed by atoms with Crippen LogP contribution < -0.4 is 14.8 Å². The zero-order valence-corrected chi connectivity index (χ0v) is 17.5. The lowest BCUT2D eigenvalue weighted by Crippen LogP contribution is -2.14. The van der Waals surface area contributed by atoms with Gasteiger partial charge in [0.2, 0.25) is 5.95 Å². The minimum Gasteiger partial charge on any atom is -0.497 e. The smallest absolute Gasteiger partial charge is 0.232 e. The highest BCUT2D eigenvalue weighted by molar-refractivity contribution is 6.31. The molecule has 2 aromatic carbocycles. The van der Waals surface area contributed by atoms with E-state index < -0.39 is 5.95 Å². The highest BCUT2D eigenvalue weighted by Gasteiger charge is 2.23. The van der Waals surface area contributed by atoms with Crippen LogP contribution in [0.25, 0.3) is 0 Å². The number of nitrogens with zero attached hydrogens (tertiary/aromatic N) is 1. The molecule has 0 amide bonds. The van der Waals surface area contributed by atoms with Crippen molar-refractivity contribution in [3.8, 4) is 11.5 Å². The normalized spacial score (nSPS) is 11.6. The maximum absolute atomic E-state index is 14.3. The van der Waals surface area contributed by atoms with E-state index in [0.29, 0.717) is 30.8 Å². The van der Waals surface area contributed by atoms with E-state index in [9.17, 15) is 4.39 Å². The molecule has 0 aliphatic rings. The number of nitrogens with one attached hydrogen (secondary N) is 1. The lowest BCUT2D eigenvalue weighted by atomic mass is 10.0. The third kappa shape index (κ3) is 5.51. The molecule has 0 saturated heterocycles. The van der Waals surface area contributed by atoms with E-state index in [-0.39, 0.29) is 11.1 Å². The van der Waals surface area contributed by atoms with Crippen LogP contribution in [0.2, 0.25) is 5.02 Å². The molecule has 156 valence electrons. The number of methoxy groups -OCH3 is 1. The SMILES string of the molecule is C=CCC[C@@H](Nc1ccc(OC)cc1)c1c(OCc2ccccc2)cnc(F)c1Cl. The number of allylic oxidation sites excluding steroid dienone is 1. The molecule has 3 rings (SSSR count). The van der Waals surface area contributed by atoms with Gasteiger partial charge in [-0.1, -0.05) is 48.0 Å². The Hall–Kier alpha value is -3.05. The average Bonchev–Trinajstić information content (AvgIpc) is 2.79. The molecule has 1 aromatic heterocycles. The summed E-state index contributed by atoms with van der Waals surface area (Å²) < 4.78 is 25.5. The second kappa shape index (κ2) is 10.6. The van der Waals surface area contributed by atoms with Crippen molar-refractivity contribution in [1.29, 1.82) is 0 Å². The molecule has 0 saturated carbocycles. The van der Waals surface area contributed by atoms with Crippen molar-refractivity contribution >= 4 is 17.3 Å². The van der Waals surface area contributed by atoms with E-state index in [4.69, 9.17) is 21.1 Å². The molecule has 0 aliphatic heterocycles. The first kappa shape index (κ1) is 21.7. The Morgan fingerprint density at radius 2 is 1.90 bits per heavy atom. The maximum Gasteiger partial charge on any atom is 0.232 e. The number of rotatable bonds is 10. The van der Waals surface area contributed by atoms with Gasteiger partial charge in [-0.2, -0.15) is 4.39 Å². The lowest BCUT2D eigenvalue weighted by Gasteiger charge is -2.24.